The van der Waals surface area contributed by atoms with E-state index in [1.165, 1.54) is 13.2 Å². The van der Waals surface area contributed by atoms with E-state index in [1.807, 2.05) is 6.07 Å². The van der Waals surface area contributed by atoms with Gasteiger partial charge in [-0.15, -0.1) is 0 Å². The Hall–Kier alpha value is -1.13. The van der Waals surface area contributed by atoms with Crippen molar-refractivity contribution in [3.8, 4) is 5.75 Å². The molecule has 0 aromatic heterocycles. The molecule has 3 nitrogen and oxygen atoms in total. The molecule has 18 heavy (non-hydrogen) atoms. The average molecular weight is 253 g/mol. The number of halogens is 1. The molecule has 1 aromatic carbocycles. The Balaban J connectivity index is 2.48. The number of ether oxygens (including phenoxy) is 2. The minimum Gasteiger partial charge on any atom is -0.493 e. The van der Waals surface area contributed by atoms with Crippen LogP contribution in [0.3, 0.4) is 0 Å². The van der Waals surface area contributed by atoms with Crippen LogP contribution in [0.25, 0.3) is 0 Å². The van der Waals surface area contributed by atoms with Gasteiger partial charge in [-0.05, 0) is 30.5 Å². The standard InChI is InChI=1S/C14H20FNO2/c1-17-9-10-7-11(13(18-2)12(15)8-10)14(16)5-3-4-6-14/h7-8H,3-6,9,16H2,1-2H3. The number of methoxy groups -OCH3 is 2. The molecule has 0 amide bonds. The van der Waals surface area contributed by atoms with Crippen LogP contribution in [0.15, 0.2) is 12.1 Å². The zero-order valence-corrected chi connectivity index (χ0v) is 11.0. The molecular weight excluding hydrogens is 233 g/mol. The van der Waals surface area contributed by atoms with Gasteiger partial charge in [0.2, 0.25) is 0 Å². The molecule has 1 aromatic rings. The topological polar surface area (TPSA) is 44.5 Å². The lowest BCUT2D eigenvalue weighted by Crippen LogP contribution is -2.34. The molecule has 4 heteroatoms. The van der Waals surface area contributed by atoms with Crippen LogP contribution in [0, 0.1) is 5.82 Å². The highest BCUT2D eigenvalue weighted by molar-refractivity contribution is 5.43. The van der Waals surface area contributed by atoms with Crippen LogP contribution in [0.4, 0.5) is 4.39 Å². The van der Waals surface area contributed by atoms with E-state index < -0.39 is 5.54 Å². The van der Waals surface area contributed by atoms with Gasteiger partial charge in [0, 0.05) is 18.2 Å². The maximum absolute atomic E-state index is 14.0. The maximum Gasteiger partial charge on any atom is 0.165 e. The third-order valence-electron chi connectivity index (χ3n) is 3.65. The molecule has 2 N–H and O–H groups in total. The summed E-state index contributed by atoms with van der Waals surface area (Å²) in [4.78, 5) is 0. The van der Waals surface area contributed by atoms with Crippen molar-refractivity contribution >= 4 is 0 Å². The minimum atomic E-state index is -0.462. The zero-order valence-electron chi connectivity index (χ0n) is 11.0. The Bertz CT molecular complexity index is 428. The Morgan fingerprint density at radius 2 is 1.94 bits per heavy atom. The van der Waals surface area contributed by atoms with Gasteiger partial charge < -0.3 is 15.2 Å². The normalized spacial score (nSPS) is 18.0. The number of hydrogen-bond donors (Lipinski definition) is 1. The predicted molar refractivity (Wildman–Crippen MR) is 68.0 cm³/mol. The van der Waals surface area contributed by atoms with Gasteiger partial charge in [-0.2, -0.15) is 0 Å². The van der Waals surface area contributed by atoms with E-state index in [2.05, 4.69) is 0 Å². The van der Waals surface area contributed by atoms with Gasteiger partial charge in [0.15, 0.2) is 11.6 Å². The van der Waals surface area contributed by atoms with E-state index in [1.54, 1.807) is 7.11 Å². The molecule has 0 saturated heterocycles. The second kappa shape index (κ2) is 5.24. The quantitative estimate of drug-likeness (QED) is 0.897. The summed E-state index contributed by atoms with van der Waals surface area (Å²) >= 11 is 0. The highest BCUT2D eigenvalue weighted by Gasteiger charge is 2.35. The van der Waals surface area contributed by atoms with Gasteiger partial charge in [-0.25, -0.2) is 4.39 Å². The fourth-order valence-electron chi connectivity index (χ4n) is 2.75. The van der Waals surface area contributed by atoms with Crippen LogP contribution < -0.4 is 10.5 Å². The molecule has 0 aliphatic heterocycles. The van der Waals surface area contributed by atoms with Gasteiger partial charge >= 0.3 is 0 Å². The van der Waals surface area contributed by atoms with Crippen LogP contribution in [-0.4, -0.2) is 14.2 Å². The highest BCUT2D eigenvalue weighted by atomic mass is 19.1. The molecule has 0 heterocycles. The summed E-state index contributed by atoms with van der Waals surface area (Å²) in [6.45, 7) is 0.379. The van der Waals surface area contributed by atoms with Crippen LogP contribution in [0.2, 0.25) is 0 Å². The molecule has 1 fully saturated rings. The number of benzene rings is 1. The molecule has 0 spiro atoms. The van der Waals surface area contributed by atoms with Crippen LogP contribution in [0.1, 0.15) is 36.8 Å². The van der Waals surface area contributed by atoms with Gasteiger partial charge in [0.25, 0.3) is 0 Å². The molecule has 1 saturated carbocycles. The lowest BCUT2D eigenvalue weighted by Gasteiger charge is -2.27. The van der Waals surface area contributed by atoms with E-state index in [0.29, 0.717) is 6.61 Å². The molecule has 100 valence electrons. The van der Waals surface area contributed by atoms with E-state index in [-0.39, 0.29) is 11.6 Å². The summed E-state index contributed by atoms with van der Waals surface area (Å²) in [6, 6.07) is 3.36. The fraction of sp³-hybridized carbons (Fsp3) is 0.571. The molecule has 1 aliphatic carbocycles. The van der Waals surface area contributed by atoms with Crippen molar-refractivity contribution in [1.29, 1.82) is 0 Å². The second-order valence-electron chi connectivity index (χ2n) is 4.95. The first-order valence-electron chi connectivity index (χ1n) is 6.25. The van der Waals surface area contributed by atoms with Crippen LogP contribution in [-0.2, 0) is 16.9 Å². The third kappa shape index (κ3) is 2.35. The van der Waals surface area contributed by atoms with Crippen molar-refractivity contribution < 1.29 is 13.9 Å². The Morgan fingerprint density at radius 1 is 1.28 bits per heavy atom. The Morgan fingerprint density at radius 3 is 2.50 bits per heavy atom. The first-order chi connectivity index (χ1) is 8.60. The molecule has 0 radical (unpaired) electrons. The predicted octanol–water partition coefficient (Wildman–Crippen LogP) is 2.71. The molecule has 0 atom stereocenters. The molecule has 1 aliphatic rings. The fourth-order valence-corrected chi connectivity index (χ4v) is 2.75. The summed E-state index contributed by atoms with van der Waals surface area (Å²) in [7, 11) is 3.08. The van der Waals surface area contributed by atoms with E-state index in [9.17, 15) is 4.39 Å². The summed E-state index contributed by atoms with van der Waals surface area (Å²) in [6.07, 6.45) is 3.91. The SMILES string of the molecule is COCc1cc(F)c(OC)c(C2(N)CCCC2)c1. The summed E-state index contributed by atoms with van der Waals surface area (Å²) in [5.41, 5.74) is 7.51. The molecule has 0 unspecified atom stereocenters. The minimum absolute atomic E-state index is 0.277. The summed E-state index contributed by atoms with van der Waals surface area (Å²) in [5.74, 6) is -0.0852. The van der Waals surface area contributed by atoms with Crippen LogP contribution in [0.5, 0.6) is 5.75 Å². The van der Waals surface area contributed by atoms with Crippen molar-refractivity contribution in [2.75, 3.05) is 14.2 Å². The van der Waals surface area contributed by atoms with Crippen molar-refractivity contribution in [3.05, 3.63) is 29.1 Å². The third-order valence-corrected chi connectivity index (χ3v) is 3.65. The van der Waals surface area contributed by atoms with E-state index in [0.717, 1.165) is 36.8 Å². The molecule has 2 rings (SSSR count). The van der Waals surface area contributed by atoms with Crippen molar-refractivity contribution in [3.63, 3.8) is 0 Å². The van der Waals surface area contributed by atoms with Gasteiger partial charge in [-0.3, -0.25) is 0 Å². The van der Waals surface area contributed by atoms with Crippen molar-refractivity contribution in [2.45, 2.75) is 37.8 Å². The molecular formula is C14H20FNO2. The second-order valence-corrected chi connectivity index (χ2v) is 4.95. The molecule has 0 bridgehead atoms. The highest BCUT2D eigenvalue weighted by Crippen LogP contribution is 2.42. The first kappa shape index (κ1) is 13.3. The van der Waals surface area contributed by atoms with Gasteiger partial charge in [0.1, 0.15) is 0 Å². The lowest BCUT2D eigenvalue weighted by atomic mass is 9.87. The Kier molecular flexibility index (Phi) is 3.88. The Labute approximate surface area is 107 Å². The zero-order chi connectivity index (χ0) is 13.2. The number of hydrogen-bond acceptors (Lipinski definition) is 3. The summed E-state index contributed by atoms with van der Waals surface area (Å²) < 4.78 is 24.3. The smallest absolute Gasteiger partial charge is 0.165 e. The monoisotopic (exact) mass is 253 g/mol. The van der Waals surface area contributed by atoms with Gasteiger partial charge in [0.05, 0.1) is 13.7 Å². The van der Waals surface area contributed by atoms with E-state index >= 15 is 0 Å². The number of rotatable bonds is 4. The summed E-state index contributed by atoms with van der Waals surface area (Å²) in [5, 5.41) is 0. The van der Waals surface area contributed by atoms with Crippen molar-refractivity contribution in [2.24, 2.45) is 5.73 Å². The van der Waals surface area contributed by atoms with E-state index in [4.69, 9.17) is 15.2 Å². The van der Waals surface area contributed by atoms with Gasteiger partial charge in [-0.1, -0.05) is 12.8 Å². The van der Waals surface area contributed by atoms with Crippen LogP contribution >= 0.6 is 0 Å². The first-order valence-corrected chi connectivity index (χ1v) is 6.25. The average Bonchev–Trinajstić information content (AvgIpc) is 2.77. The lowest BCUT2D eigenvalue weighted by molar-refractivity contribution is 0.184. The van der Waals surface area contributed by atoms with Crippen molar-refractivity contribution in [1.82, 2.24) is 0 Å². The largest absolute Gasteiger partial charge is 0.493 e. The maximum atomic E-state index is 14.0. The number of nitrogens with two attached hydrogens (primary N) is 1.